The lowest BCUT2D eigenvalue weighted by atomic mass is 10.1. The van der Waals surface area contributed by atoms with Gasteiger partial charge in [-0.05, 0) is 36.6 Å². The highest BCUT2D eigenvalue weighted by atomic mass is 16.3. The van der Waals surface area contributed by atoms with E-state index in [4.69, 9.17) is 0 Å². The van der Waals surface area contributed by atoms with Gasteiger partial charge in [-0.1, -0.05) is 30.3 Å². The second kappa shape index (κ2) is 7.18. The van der Waals surface area contributed by atoms with Crippen LogP contribution in [0.4, 0.5) is 5.69 Å². The number of hydrogen-bond acceptors (Lipinski definition) is 3. The summed E-state index contributed by atoms with van der Waals surface area (Å²) in [6, 6.07) is 15.2. The van der Waals surface area contributed by atoms with Crippen molar-refractivity contribution in [2.75, 3.05) is 18.4 Å². The second-order valence-corrected chi connectivity index (χ2v) is 5.94. The first-order valence-electron chi connectivity index (χ1n) is 8.10. The maximum atomic E-state index is 12.1. The highest BCUT2D eigenvalue weighted by Gasteiger charge is 2.17. The summed E-state index contributed by atoms with van der Waals surface area (Å²) < 4.78 is 0. The number of rotatable bonds is 5. The number of amides is 1. The number of carbonyl (C=O) groups excluding carboxylic acids is 1. The van der Waals surface area contributed by atoms with E-state index < -0.39 is 0 Å². The predicted octanol–water partition coefficient (Wildman–Crippen LogP) is 3.17. The first kappa shape index (κ1) is 15.4. The van der Waals surface area contributed by atoms with Crippen molar-refractivity contribution in [3.05, 3.63) is 59.7 Å². The molecule has 120 valence electrons. The maximum absolute atomic E-state index is 12.1. The van der Waals surface area contributed by atoms with Crippen LogP contribution in [0.1, 0.15) is 24.0 Å². The van der Waals surface area contributed by atoms with Crippen molar-refractivity contribution in [3.8, 4) is 5.75 Å². The lowest BCUT2D eigenvalue weighted by Gasteiger charge is -2.15. The number of phenols is 1. The van der Waals surface area contributed by atoms with Gasteiger partial charge >= 0.3 is 0 Å². The number of aromatic hydroxyl groups is 1. The summed E-state index contributed by atoms with van der Waals surface area (Å²) in [7, 11) is 0. The Morgan fingerprint density at radius 2 is 1.74 bits per heavy atom. The molecular formula is C19H22N2O2. The Kier molecular flexibility index (Phi) is 4.81. The van der Waals surface area contributed by atoms with Crippen molar-refractivity contribution in [1.82, 2.24) is 4.90 Å². The van der Waals surface area contributed by atoms with E-state index in [0.29, 0.717) is 18.7 Å². The predicted molar refractivity (Wildman–Crippen MR) is 91.4 cm³/mol. The molecule has 0 aliphatic carbocycles. The Morgan fingerprint density at radius 1 is 1.04 bits per heavy atom. The fraction of sp³-hybridized carbons (Fsp3) is 0.316. The number of benzene rings is 2. The highest BCUT2D eigenvalue weighted by Crippen LogP contribution is 2.18. The van der Waals surface area contributed by atoms with Gasteiger partial charge in [0.1, 0.15) is 5.75 Å². The largest absolute Gasteiger partial charge is 0.508 e. The molecule has 0 atom stereocenters. The van der Waals surface area contributed by atoms with Crippen LogP contribution in [0.25, 0.3) is 0 Å². The van der Waals surface area contributed by atoms with Crippen LogP contribution < -0.4 is 5.32 Å². The van der Waals surface area contributed by atoms with Crippen LogP contribution in [0, 0.1) is 0 Å². The third-order valence-corrected chi connectivity index (χ3v) is 4.24. The number of carbonyl (C=O) groups is 1. The summed E-state index contributed by atoms with van der Waals surface area (Å²) in [5, 5.41) is 13.0. The van der Waals surface area contributed by atoms with E-state index in [2.05, 4.69) is 5.32 Å². The minimum Gasteiger partial charge on any atom is -0.508 e. The van der Waals surface area contributed by atoms with E-state index in [0.717, 1.165) is 42.7 Å². The molecular weight excluding hydrogens is 288 g/mol. The van der Waals surface area contributed by atoms with Crippen molar-refractivity contribution in [3.63, 3.8) is 0 Å². The van der Waals surface area contributed by atoms with Crippen LogP contribution in [0.15, 0.2) is 48.5 Å². The number of para-hydroxylation sites is 1. The Hall–Kier alpha value is -2.49. The second-order valence-electron chi connectivity index (χ2n) is 5.94. The molecule has 0 unspecified atom stereocenters. The molecule has 0 bridgehead atoms. The van der Waals surface area contributed by atoms with Gasteiger partial charge in [0.05, 0.1) is 6.42 Å². The molecule has 0 saturated carbocycles. The molecule has 1 aliphatic rings. The van der Waals surface area contributed by atoms with Crippen molar-refractivity contribution >= 4 is 11.6 Å². The van der Waals surface area contributed by atoms with E-state index in [1.54, 1.807) is 6.07 Å². The minimum atomic E-state index is 0.220. The average molecular weight is 310 g/mol. The van der Waals surface area contributed by atoms with Crippen molar-refractivity contribution in [2.45, 2.75) is 25.8 Å². The SMILES string of the molecule is O=C(Cc1ccc(NCc2ccccc2O)cc1)N1CCCC1. The number of hydrogen-bond donors (Lipinski definition) is 2. The third kappa shape index (κ3) is 4.03. The van der Waals surface area contributed by atoms with Crippen molar-refractivity contribution in [2.24, 2.45) is 0 Å². The van der Waals surface area contributed by atoms with Gasteiger partial charge in [0.15, 0.2) is 0 Å². The molecule has 1 heterocycles. The summed E-state index contributed by atoms with van der Waals surface area (Å²) in [5.41, 5.74) is 2.88. The van der Waals surface area contributed by atoms with Crippen LogP contribution in [-0.4, -0.2) is 29.0 Å². The summed E-state index contributed by atoms with van der Waals surface area (Å²) in [6.07, 6.45) is 2.72. The topological polar surface area (TPSA) is 52.6 Å². The molecule has 1 fully saturated rings. The van der Waals surface area contributed by atoms with Gasteiger partial charge in [0.2, 0.25) is 5.91 Å². The van der Waals surface area contributed by atoms with E-state index in [9.17, 15) is 9.90 Å². The molecule has 1 saturated heterocycles. The summed E-state index contributed by atoms with van der Waals surface area (Å²) in [6.45, 7) is 2.37. The molecule has 2 aromatic carbocycles. The van der Waals surface area contributed by atoms with Gasteiger partial charge in [0.25, 0.3) is 0 Å². The first-order chi connectivity index (χ1) is 11.2. The zero-order valence-corrected chi connectivity index (χ0v) is 13.2. The van der Waals surface area contributed by atoms with Crippen molar-refractivity contribution < 1.29 is 9.90 Å². The lowest BCUT2D eigenvalue weighted by molar-refractivity contribution is -0.129. The normalized spacial score (nSPS) is 14.0. The van der Waals surface area contributed by atoms with E-state index in [1.807, 2.05) is 47.4 Å². The number of nitrogens with one attached hydrogen (secondary N) is 1. The number of nitrogens with zero attached hydrogens (tertiary/aromatic N) is 1. The minimum absolute atomic E-state index is 0.220. The summed E-state index contributed by atoms with van der Waals surface area (Å²) >= 11 is 0. The fourth-order valence-corrected chi connectivity index (χ4v) is 2.85. The Bertz CT molecular complexity index is 661. The summed E-state index contributed by atoms with van der Waals surface area (Å²) in [4.78, 5) is 14.1. The van der Waals surface area contributed by atoms with Crippen LogP contribution in [-0.2, 0) is 17.8 Å². The zero-order chi connectivity index (χ0) is 16.1. The van der Waals surface area contributed by atoms with Crippen LogP contribution in [0.2, 0.25) is 0 Å². The van der Waals surface area contributed by atoms with Gasteiger partial charge in [0, 0.05) is 30.9 Å². The van der Waals surface area contributed by atoms with Gasteiger partial charge in [-0.25, -0.2) is 0 Å². The molecule has 1 aliphatic heterocycles. The molecule has 4 nitrogen and oxygen atoms in total. The highest BCUT2D eigenvalue weighted by molar-refractivity contribution is 5.79. The van der Waals surface area contributed by atoms with Crippen LogP contribution in [0.5, 0.6) is 5.75 Å². The van der Waals surface area contributed by atoms with Crippen LogP contribution in [0.3, 0.4) is 0 Å². The molecule has 0 spiro atoms. The fourth-order valence-electron chi connectivity index (χ4n) is 2.85. The lowest BCUT2D eigenvalue weighted by Crippen LogP contribution is -2.29. The average Bonchev–Trinajstić information content (AvgIpc) is 3.10. The van der Waals surface area contributed by atoms with E-state index >= 15 is 0 Å². The van der Waals surface area contributed by atoms with E-state index in [-0.39, 0.29) is 5.91 Å². The van der Waals surface area contributed by atoms with Gasteiger partial charge in [-0.2, -0.15) is 0 Å². The van der Waals surface area contributed by atoms with Crippen LogP contribution >= 0.6 is 0 Å². The molecule has 4 heteroatoms. The molecule has 2 aromatic rings. The molecule has 1 amide bonds. The maximum Gasteiger partial charge on any atom is 0.226 e. The smallest absolute Gasteiger partial charge is 0.226 e. The third-order valence-electron chi connectivity index (χ3n) is 4.24. The number of anilines is 1. The van der Waals surface area contributed by atoms with E-state index in [1.165, 1.54) is 0 Å². The zero-order valence-electron chi connectivity index (χ0n) is 13.2. The van der Waals surface area contributed by atoms with Crippen molar-refractivity contribution in [1.29, 1.82) is 0 Å². The Morgan fingerprint density at radius 3 is 2.43 bits per heavy atom. The standard InChI is InChI=1S/C19H22N2O2/c22-18-6-2-1-5-16(18)14-20-17-9-7-15(8-10-17)13-19(23)21-11-3-4-12-21/h1-2,5-10,20,22H,3-4,11-14H2. The Balaban J connectivity index is 1.54. The molecule has 3 rings (SSSR count). The molecule has 0 aromatic heterocycles. The van der Waals surface area contributed by atoms with Gasteiger partial charge in [-0.3, -0.25) is 4.79 Å². The van der Waals surface area contributed by atoms with Gasteiger partial charge < -0.3 is 15.3 Å². The Labute approximate surface area is 136 Å². The number of likely N-dealkylation sites (tertiary alicyclic amines) is 1. The molecule has 23 heavy (non-hydrogen) atoms. The quantitative estimate of drug-likeness (QED) is 0.892. The monoisotopic (exact) mass is 310 g/mol. The molecule has 2 N–H and O–H groups in total. The number of phenolic OH excluding ortho intramolecular Hbond substituents is 1. The summed E-state index contributed by atoms with van der Waals surface area (Å²) in [5.74, 6) is 0.519. The van der Waals surface area contributed by atoms with Gasteiger partial charge in [-0.15, -0.1) is 0 Å². The molecule has 0 radical (unpaired) electrons. The first-order valence-corrected chi connectivity index (χ1v) is 8.10.